The van der Waals surface area contributed by atoms with Crippen LogP contribution in [0.2, 0.25) is 0 Å². The third kappa shape index (κ3) is 3.28. The molecule has 0 radical (unpaired) electrons. The molecule has 0 bridgehead atoms. The van der Waals surface area contributed by atoms with Crippen molar-refractivity contribution in [1.82, 2.24) is 19.7 Å². The minimum Gasteiger partial charge on any atom is -0.388 e. The van der Waals surface area contributed by atoms with Crippen molar-refractivity contribution >= 4 is 0 Å². The summed E-state index contributed by atoms with van der Waals surface area (Å²) < 4.78 is 1.90. The molecular weight excluding hydrogens is 204 g/mol. The van der Waals surface area contributed by atoms with Crippen LogP contribution in [0.25, 0.3) is 0 Å². The van der Waals surface area contributed by atoms with Crippen LogP contribution in [0, 0.1) is 0 Å². The van der Waals surface area contributed by atoms with Gasteiger partial charge >= 0.3 is 0 Å². The minimum absolute atomic E-state index is 0.0522. The molecule has 1 heterocycles. The van der Waals surface area contributed by atoms with Gasteiger partial charge in [-0.05, 0) is 27.7 Å². The maximum Gasteiger partial charge on any atom is 0.158 e. The molecule has 0 aromatic carbocycles. The molecule has 1 rings (SSSR count). The molecule has 16 heavy (non-hydrogen) atoms. The van der Waals surface area contributed by atoms with Gasteiger partial charge in [-0.25, -0.2) is 0 Å². The number of aliphatic hydroxyl groups is 1. The Balaban J connectivity index is 2.55. The van der Waals surface area contributed by atoms with Crippen LogP contribution in [0.3, 0.4) is 0 Å². The zero-order valence-electron chi connectivity index (χ0n) is 10.6. The number of aliphatic hydroxyl groups excluding tert-OH is 1. The fourth-order valence-electron chi connectivity index (χ4n) is 1.92. The first-order valence-corrected chi connectivity index (χ1v) is 5.79. The van der Waals surface area contributed by atoms with Crippen molar-refractivity contribution in [3.8, 4) is 0 Å². The fourth-order valence-corrected chi connectivity index (χ4v) is 1.92. The predicted octanol–water partition coefficient (Wildman–Crippen LogP) is 0.889. The van der Waals surface area contributed by atoms with Gasteiger partial charge in [-0.2, -0.15) is 0 Å². The number of hydrogen-bond donors (Lipinski definition) is 1. The van der Waals surface area contributed by atoms with Crippen LogP contribution in [0.4, 0.5) is 0 Å². The summed E-state index contributed by atoms with van der Waals surface area (Å²) in [5, 5.41) is 16.7. The summed E-state index contributed by atoms with van der Waals surface area (Å²) in [5.74, 6) is 0.632. The molecular formula is C11H22N4O. The van der Waals surface area contributed by atoms with E-state index >= 15 is 0 Å². The quantitative estimate of drug-likeness (QED) is 0.782. The molecule has 0 aliphatic rings. The van der Waals surface area contributed by atoms with Gasteiger partial charge in [0.15, 0.2) is 5.82 Å². The zero-order chi connectivity index (χ0) is 12.1. The lowest BCUT2D eigenvalue weighted by molar-refractivity contribution is 0.166. The zero-order valence-corrected chi connectivity index (χ0v) is 10.6. The normalized spacial score (nSPS) is 12.0. The smallest absolute Gasteiger partial charge is 0.158 e. The Morgan fingerprint density at radius 2 is 1.94 bits per heavy atom. The molecule has 0 aliphatic carbocycles. The molecule has 1 N–H and O–H groups in total. The van der Waals surface area contributed by atoms with Crippen molar-refractivity contribution < 1.29 is 5.11 Å². The van der Waals surface area contributed by atoms with Crippen LogP contribution in [0.5, 0.6) is 0 Å². The summed E-state index contributed by atoms with van der Waals surface area (Å²) in [6.07, 6.45) is 1.67. The topological polar surface area (TPSA) is 54.2 Å². The van der Waals surface area contributed by atoms with Gasteiger partial charge in [0.25, 0.3) is 0 Å². The summed E-state index contributed by atoms with van der Waals surface area (Å²) >= 11 is 0. The molecule has 5 nitrogen and oxygen atoms in total. The van der Waals surface area contributed by atoms with E-state index in [1.807, 2.05) is 4.57 Å². The first-order valence-electron chi connectivity index (χ1n) is 5.79. The second-order valence-corrected chi connectivity index (χ2v) is 4.52. The molecule has 1 aromatic heterocycles. The van der Waals surface area contributed by atoms with Crippen molar-refractivity contribution in [2.75, 3.05) is 6.54 Å². The maximum absolute atomic E-state index is 9.05. The summed E-state index contributed by atoms with van der Waals surface area (Å²) in [6, 6.07) is 1.04. The lowest BCUT2D eigenvalue weighted by atomic mass is 10.2. The molecule has 5 heteroatoms. The molecule has 92 valence electrons. The molecule has 0 saturated heterocycles. The lowest BCUT2D eigenvalue weighted by Gasteiger charge is -2.30. The Kier molecular flexibility index (Phi) is 4.89. The van der Waals surface area contributed by atoms with Crippen molar-refractivity contribution in [3.05, 3.63) is 12.2 Å². The third-order valence-electron chi connectivity index (χ3n) is 2.76. The fraction of sp³-hybridized carbons (Fsp3) is 0.818. The molecule has 0 unspecified atom stereocenters. The summed E-state index contributed by atoms with van der Waals surface area (Å²) in [4.78, 5) is 2.40. The van der Waals surface area contributed by atoms with Crippen LogP contribution in [0.15, 0.2) is 6.33 Å². The average Bonchev–Trinajstić information content (AvgIpc) is 2.64. The number of nitrogens with zero attached hydrogens (tertiary/aromatic N) is 4. The largest absolute Gasteiger partial charge is 0.388 e. The van der Waals surface area contributed by atoms with Gasteiger partial charge in [-0.3, -0.25) is 4.90 Å². The summed E-state index contributed by atoms with van der Waals surface area (Å²) in [5.41, 5.74) is 0. The highest BCUT2D eigenvalue weighted by molar-refractivity contribution is 4.83. The molecule has 1 aromatic rings. The van der Waals surface area contributed by atoms with Crippen LogP contribution < -0.4 is 0 Å². The van der Waals surface area contributed by atoms with Gasteiger partial charge in [0.2, 0.25) is 0 Å². The van der Waals surface area contributed by atoms with E-state index in [1.165, 1.54) is 0 Å². The van der Waals surface area contributed by atoms with Gasteiger partial charge in [0, 0.05) is 25.2 Å². The second-order valence-electron chi connectivity index (χ2n) is 4.52. The average molecular weight is 226 g/mol. The highest BCUT2D eigenvalue weighted by Crippen LogP contribution is 2.05. The lowest BCUT2D eigenvalue weighted by Crippen LogP contribution is -2.39. The van der Waals surface area contributed by atoms with Crippen molar-refractivity contribution in [1.29, 1.82) is 0 Å². The number of aromatic nitrogens is 3. The van der Waals surface area contributed by atoms with Crippen molar-refractivity contribution in [2.24, 2.45) is 0 Å². The second kappa shape index (κ2) is 5.96. The molecule has 0 atom stereocenters. The Hall–Kier alpha value is -0.940. The highest BCUT2D eigenvalue weighted by Gasteiger charge is 2.13. The first-order chi connectivity index (χ1) is 7.56. The third-order valence-corrected chi connectivity index (χ3v) is 2.76. The molecule has 0 spiro atoms. The Morgan fingerprint density at radius 1 is 1.31 bits per heavy atom. The SMILES string of the molecule is CC(C)N(CCn1cnnc1CO)C(C)C. The van der Waals surface area contributed by atoms with Gasteiger partial charge in [0.1, 0.15) is 12.9 Å². The van der Waals surface area contributed by atoms with Gasteiger partial charge in [-0.15, -0.1) is 10.2 Å². The van der Waals surface area contributed by atoms with Crippen molar-refractivity contribution in [3.63, 3.8) is 0 Å². The van der Waals surface area contributed by atoms with E-state index in [9.17, 15) is 0 Å². The van der Waals surface area contributed by atoms with Crippen LogP contribution >= 0.6 is 0 Å². The molecule has 0 aliphatic heterocycles. The van der Waals surface area contributed by atoms with E-state index < -0.39 is 0 Å². The monoisotopic (exact) mass is 226 g/mol. The highest BCUT2D eigenvalue weighted by atomic mass is 16.3. The van der Waals surface area contributed by atoms with Crippen molar-refractivity contribution in [2.45, 2.75) is 52.9 Å². The van der Waals surface area contributed by atoms with E-state index in [-0.39, 0.29) is 6.61 Å². The molecule has 0 amide bonds. The Morgan fingerprint density at radius 3 is 2.44 bits per heavy atom. The number of rotatable bonds is 6. The Labute approximate surface area is 97.1 Å². The van der Waals surface area contributed by atoms with E-state index in [4.69, 9.17) is 5.11 Å². The minimum atomic E-state index is -0.0522. The number of hydrogen-bond acceptors (Lipinski definition) is 4. The summed E-state index contributed by atoms with van der Waals surface area (Å²) in [6.45, 7) is 10.5. The van der Waals surface area contributed by atoms with Gasteiger partial charge in [-0.1, -0.05) is 0 Å². The van der Waals surface area contributed by atoms with E-state index in [2.05, 4.69) is 42.8 Å². The van der Waals surface area contributed by atoms with E-state index in [1.54, 1.807) is 6.33 Å². The summed E-state index contributed by atoms with van der Waals surface area (Å²) in [7, 11) is 0. The molecule has 0 fully saturated rings. The van der Waals surface area contributed by atoms with Crippen LogP contribution in [0.1, 0.15) is 33.5 Å². The van der Waals surface area contributed by atoms with Crippen LogP contribution in [-0.4, -0.2) is 43.4 Å². The maximum atomic E-state index is 9.05. The first kappa shape index (κ1) is 13.1. The van der Waals surface area contributed by atoms with Gasteiger partial charge < -0.3 is 9.67 Å². The van der Waals surface area contributed by atoms with Gasteiger partial charge in [0.05, 0.1) is 0 Å². The standard InChI is InChI=1S/C11H22N4O/c1-9(2)15(10(3)4)6-5-14-8-12-13-11(14)7-16/h8-10,16H,5-7H2,1-4H3. The van der Waals surface area contributed by atoms with E-state index in [0.717, 1.165) is 13.1 Å². The predicted molar refractivity (Wildman–Crippen MR) is 62.9 cm³/mol. The molecule has 0 saturated carbocycles. The Bertz CT molecular complexity index is 301. The van der Waals surface area contributed by atoms with E-state index in [0.29, 0.717) is 17.9 Å². The van der Waals surface area contributed by atoms with Crippen LogP contribution in [-0.2, 0) is 13.2 Å².